The number of rotatable bonds is 4. The summed E-state index contributed by atoms with van der Waals surface area (Å²) < 4.78 is 1.35. The highest BCUT2D eigenvalue weighted by atomic mass is 127. The van der Waals surface area contributed by atoms with Crippen LogP contribution < -0.4 is 28.9 Å². The van der Waals surface area contributed by atoms with Crippen molar-refractivity contribution in [2.45, 2.75) is 6.92 Å². The van der Waals surface area contributed by atoms with E-state index in [1.54, 1.807) is 0 Å². The van der Waals surface area contributed by atoms with Gasteiger partial charge >= 0.3 is 0 Å². The molecule has 2 aromatic carbocycles. The van der Waals surface area contributed by atoms with Crippen LogP contribution in [0.1, 0.15) is 16.0 Å². The number of thiophene rings is 1. The maximum atomic E-state index is 2.20. The molecule has 0 saturated heterocycles. The van der Waals surface area contributed by atoms with Crippen LogP contribution in [0.25, 0.3) is 22.2 Å². The van der Waals surface area contributed by atoms with Crippen molar-refractivity contribution in [2.24, 2.45) is 0 Å². The van der Waals surface area contributed by atoms with Crippen molar-refractivity contribution in [3.05, 3.63) is 76.7 Å². The molecule has 0 atom stereocenters. The lowest BCUT2D eigenvalue weighted by Gasteiger charge is -2.11. The van der Waals surface area contributed by atoms with E-state index in [0.717, 1.165) is 0 Å². The van der Waals surface area contributed by atoms with Crippen LogP contribution in [-0.2, 0) is 0 Å². The maximum absolute atomic E-state index is 2.20. The molecule has 0 spiro atoms. The van der Waals surface area contributed by atoms with E-state index >= 15 is 0 Å². The van der Waals surface area contributed by atoms with E-state index in [9.17, 15) is 0 Å². The molecule has 3 heteroatoms. The standard InChI is InChI=1S/C21H21NS.HI/c1-16-19-9-5-7-11-21(19)23-20(16)10-6-4-8-17-12-14-18(15-13-17)22(2)3;/h4-15H,1-3H3;1H/p-1/b8-4+,10-6+;. The van der Waals surface area contributed by atoms with Gasteiger partial charge in [-0.3, -0.25) is 0 Å². The van der Waals surface area contributed by atoms with E-state index in [2.05, 4.69) is 98.8 Å². The summed E-state index contributed by atoms with van der Waals surface area (Å²) in [6.07, 6.45) is 8.56. The molecule has 124 valence electrons. The third-order valence-corrected chi connectivity index (χ3v) is 5.18. The zero-order valence-electron chi connectivity index (χ0n) is 14.2. The minimum Gasteiger partial charge on any atom is -1.00 e. The van der Waals surface area contributed by atoms with Crippen molar-refractivity contribution >= 4 is 39.3 Å². The van der Waals surface area contributed by atoms with Gasteiger partial charge in [0, 0.05) is 29.4 Å². The summed E-state index contributed by atoms with van der Waals surface area (Å²) in [6, 6.07) is 17.1. The molecule has 1 heterocycles. The third kappa shape index (κ3) is 4.28. The van der Waals surface area contributed by atoms with Gasteiger partial charge in [0.15, 0.2) is 0 Å². The first kappa shape index (κ1) is 18.7. The minimum absolute atomic E-state index is 0. The molecule has 0 bridgehead atoms. The van der Waals surface area contributed by atoms with Gasteiger partial charge in [-0.05, 0) is 47.7 Å². The highest BCUT2D eigenvalue weighted by Gasteiger charge is 2.04. The fourth-order valence-electron chi connectivity index (χ4n) is 2.55. The smallest absolute Gasteiger partial charge is 0.0361 e. The van der Waals surface area contributed by atoms with Crippen LogP contribution in [0.5, 0.6) is 0 Å². The second-order valence-electron chi connectivity index (χ2n) is 5.79. The number of benzene rings is 2. The molecule has 0 aliphatic rings. The van der Waals surface area contributed by atoms with E-state index in [-0.39, 0.29) is 24.0 Å². The Kier molecular flexibility index (Phi) is 6.63. The highest BCUT2D eigenvalue weighted by molar-refractivity contribution is 7.20. The molecule has 0 unspecified atom stereocenters. The van der Waals surface area contributed by atoms with E-state index in [0.29, 0.717) is 0 Å². The second kappa shape index (κ2) is 8.49. The van der Waals surface area contributed by atoms with Crippen LogP contribution >= 0.6 is 11.3 Å². The summed E-state index contributed by atoms with van der Waals surface area (Å²) >= 11 is 1.85. The summed E-state index contributed by atoms with van der Waals surface area (Å²) in [5, 5.41) is 1.36. The molecular weight excluding hydrogens is 425 g/mol. The van der Waals surface area contributed by atoms with Crippen LogP contribution in [0.3, 0.4) is 0 Å². The lowest BCUT2D eigenvalue weighted by atomic mass is 10.1. The second-order valence-corrected chi connectivity index (χ2v) is 6.88. The number of allylic oxidation sites excluding steroid dienone is 2. The molecule has 0 N–H and O–H groups in total. The Bertz CT molecular complexity index is 857. The number of hydrogen-bond acceptors (Lipinski definition) is 2. The fraction of sp³-hybridized carbons (Fsp3) is 0.143. The zero-order valence-corrected chi connectivity index (χ0v) is 17.1. The zero-order chi connectivity index (χ0) is 16.2. The minimum atomic E-state index is 0. The molecule has 24 heavy (non-hydrogen) atoms. The van der Waals surface area contributed by atoms with Gasteiger partial charge in [-0.25, -0.2) is 0 Å². The Balaban J connectivity index is 0.00000208. The van der Waals surface area contributed by atoms with Crippen molar-refractivity contribution in [3.63, 3.8) is 0 Å². The first-order chi connectivity index (χ1) is 11.1. The van der Waals surface area contributed by atoms with Crippen molar-refractivity contribution < 1.29 is 24.0 Å². The lowest BCUT2D eigenvalue weighted by molar-refractivity contribution is -0.00000445. The molecule has 0 fully saturated rings. The van der Waals surface area contributed by atoms with E-state index in [4.69, 9.17) is 0 Å². The first-order valence-electron chi connectivity index (χ1n) is 7.75. The van der Waals surface area contributed by atoms with Crippen LogP contribution in [0.15, 0.2) is 60.7 Å². The normalized spacial score (nSPS) is 11.3. The van der Waals surface area contributed by atoms with Gasteiger partial charge in [0.1, 0.15) is 0 Å². The molecule has 0 aliphatic heterocycles. The van der Waals surface area contributed by atoms with Gasteiger partial charge in [0.2, 0.25) is 0 Å². The summed E-state index contributed by atoms with van der Waals surface area (Å²) in [4.78, 5) is 3.44. The Morgan fingerprint density at radius 1 is 0.875 bits per heavy atom. The molecule has 0 saturated carbocycles. The molecule has 1 aromatic heterocycles. The third-order valence-electron chi connectivity index (χ3n) is 3.94. The van der Waals surface area contributed by atoms with Gasteiger partial charge < -0.3 is 28.9 Å². The average Bonchev–Trinajstić information content (AvgIpc) is 2.89. The number of anilines is 1. The van der Waals surface area contributed by atoms with E-state index in [1.807, 2.05) is 11.3 Å². The largest absolute Gasteiger partial charge is 1.00 e. The summed E-state index contributed by atoms with van der Waals surface area (Å²) in [5.41, 5.74) is 3.80. The van der Waals surface area contributed by atoms with E-state index < -0.39 is 0 Å². The Hall–Kier alpha value is -1.59. The van der Waals surface area contributed by atoms with Crippen molar-refractivity contribution in [2.75, 3.05) is 19.0 Å². The first-order valence-corrected chi connectivity index (χ1v) is 8.57. The Morgan fingerprint density at radius 2 is 1.54 bits per heavy atom. The fourth-order valence-corrected chi connectivity index (χ4v) is 3.67. The van der Waals surface area contributed by atoms with Gasteiger partial charge in [-0.15, -0.1) is 11.3 Å². The topological polar surface area (TPSA) is 3.24 Å². The number of hydrogen-bond donors (Lipinski definition) is 0. The summed E-state index contributed by atoms with van der Waals surface area (Å²) in [5.74, 6) is 0. The van der Waals surface area contributed by atoms with Gasteiger partial charge in [-0.1, -0.05) is 48.6 Å². The SMILES string of the molecule is Cc1c(/C=C/C=C/c2ccc(N(C)C)cc2)sc2ccccc12.[I-]. The molecule has 3 rings (SSSR count). The van der Waals surface area contributed by atoms with Crippen LogP contribution in [0.4, 0.5) is 5.69 Å². The van der Waals surface area contributed by atoms with Crippen LogP contribution in [0.2, 0.25) is 0 Å². The molecule has 3 aromatic rings. The van der Waals surface area contributed by atoms with Gasteiger partial charge in [0.25, 0.3) is 0 Å². The van der Waals surface area contributed by atoms with Crippen LogP contribution in [-0.4, -0.2) is 14.1 Å². The van der Waals surface area contributed by atoms with Gasteiger partial charge in [0.05, 0.1) is 0 Å². The van der Waals surface area contributed by atoms with Crippen molar-refractivity contribution in [1.82, 2.24) is 0 Å². The molecular formula is C21H21INS-. The number of aryl methyl sites for hydroxylation is 1. The monoisotopic (exact) mass is 446 g/mol. The molecule has 1 nitrogen and oxygen atoms in total. The Morgan fingerprint density at radius 3 is 2.21 bits per heavy atom. The summed E-state index contributed by atoms with van der Waals surface area (Å²) in [7, 11) is 4.11. The van der Waals surface area contributed by atoms with Crippen molar-refractivity contribution in [1.29, 1.82) is 0 Å². The van der Waals surface area contributed by atoms with E-state index in [1.165, 1.54) is 31.8 Å². The number of fused-ring (bicyclic) bond motifs is 1. The average molecular weight is 446 g/mol. The predicted octanol–water partition coefficient (Wildman–Crippen LogP) is 3.01. The van der Waals surface area contributed by atoms with Crippen LogP contribution in [0, 0.1) is 6.92 Å². The molecule has 0 amide bonds. The number of halogens is 1. The lowest BCUT2D eigenvalue weighted by Crippen LogP contribution is -3.00. The summed E-state index contributed by atoms with van der Waals surface area (Å²) in [6.45, 7) is 2.20. The number of nitrogens with zero attached hydrogens (tertiary/aromatic N) is 1. The highest BCUT2D eigenvalue weighted by Crippen LogP contribution is 2.31. The molecule has 0 aliphatic carbocycles. The molecule has 0 radical (unpaired) electrons. The maximum Gasteiger partial charge on any atom is 0.0361 e. The van der Waals surface area contributed by atoms with Crippen molar-refractivity contribution in [3.8, 4) is 0 Å². The van der Waals surface area contributed by atoms with Gasteiger partial charge in [-0.2, -0.15) is 0 Å². The quantitative estimate of drug-likeness (QED) is 0.440. The Labute approximate surface area is 165 Å². The predicted molar refractivity (Wildman–Crippen MR) is 105 cm³/mol.